The van der Waals surface area contributed by atoms with Crippen LogP contribution in [0.25, 0.3) is 11.0 Å². The number of H-pyrrole nitrogens is 1. The molecule has 1 aromatic heterocycles. The summed E-state index contributed by atoms with van der Waals surface area (Å²) in [4.78, 5) is 3.29. The minimum Gasteiger partial charge on any atom is -0.331 e. The summed E-state index contributed by atoms with van der Waals surface area (Å²) in [6.07, 6.45) is 2.23. The van der Waals surface area contributed by atoms with Gasteiger partial charge in [0.05, 0.1) is 11.0 Å². The Morgan fingerprint density at radius 1 is 1.38 bits per heavy atom. The third-order valence-electron chi connectivity index (χ3n) is 2.99. The van der Waals surface area contributed by atoms with Gasteiger partial charge in [0.15, 0.2) is 4.77 Å². The molecule has 0 aliphatic rings. The molecule has 0 saturated heterocycles. The second-order valence-electron chi connectivity index (χ2n) is 3.93. The van der Waals surface area contributed by atoms with Gasteiger partial charge in [0.2, 0.25) is 0 Å². The quantitative estimate of drug-likeness (QED) is 0.633. The molecule has 1 N–H and O–H groups in total. The number of hydrogen-bond donors (Lipinski definition) is 1. The average molecular weight is 346 g/mol. The Morgan fingerprint density at radius 3 is 2.69 bits per heavy atom. The van der Waals surface area contributed by atoms with E-state index in [-0.39, 0.29) is 0 Å². The lowest BCUT2D eigenvalue weighted by Crippen LogP contribution is -2.06. The van der Waals surface area contributed by atoms with Gasteiger partial charge >= 0.3 is 0 Å². The van der Waals surface area contributed by atoms with Crippen molar-refractivity contribution in [3.05, 3.63) is 26.5 Å². The van der Waals surface area contributed by atoms with E-state index in [1.165, 1.54) is 9.09 Å². The lowest BCUT2D eigenvalue weighted by molar-refractivity contribution is 0.478. The molecule has 2 rings (SSSR count). The molecule has 0 atom stereocenters. The number of rotatable bonds is 3. The fraction of sp³-hybridized carbons (Fsp3) is 0.417. The number of imidazole rings is 1. The van der Waals surface area contributed by atoms with Gasteiger partial charge in [-0.1, -0.05) is 13.8 Å². The zero-order valence-electron chi connectivity index (χ0n) is 9.46. The monoisotopic (exact) mass is 346 g/mol. The van der Waals surface area contributed by atoms with E-state index < -0.39 is 0 Å². The highest BCUT2D eigenvalue weighted by atomic mass is 127. The number of benzene rings is 1. The van der Waals surface area contributed by atoms with Gasteiger partial charge < -0.3 is 9.55 Å². The Morgan fingerprint density at radius 2 is 2.06 bits per heavy atom. The lowest BCUT2D eigenvalue weighted by atomic mass is 10.1. The van der Waals surface area contributed by atoms with Gasteiger partial charge in [0.25, 0.3) is 0 Å². The third-order valence-corrected chi connectivity index (χ3v) is 3.96. The number of hydrogen-bond acceptors (Lipinski definition) is 1. The van der Waals surface area contributed by atoms with Gasteiger partial charge in [-0.25, -0.2) is 0 Å². The molecule has 1 heterocycles. The van der Waals surface area contributed by atoms with Crippen LogP contribution in [0.1, 0.15) is 32.7 Å². The molecule has 0 amide bonds. The van der Waals surface area contributed by atoms with E-state index in [2.05, 4.69) is 64.2 Å². The number of nitrogens with zero attached hydrogens (tertiary/aromatic N) is 1. The van der Waals surface area contributed by atoms with Gasteiger partial charge in [-0.2, -0.15) is 0 Å². The summed E-state index contributed by atoms with van der Waals surface area (Å²) in [5.74, 6) is 0. The summed E-state index contributed by atoms with van der Waals surface area (Å²) in [7, 11) is 0. The van der Waals surface area contributed by atoms with Gasteiger partial charge in [0.1, 0.15) is 0 Å². The van der Waals surface area contributed by atoms with Gasteiger partial charge in [-0.15, -0.1) is 0 Å². The molecule has 0 fully saturated rings. The highest BCUT2D eigenvalue weighted by Crippen LogP contribution is 2.24. The number of aromatic amines is 1. The molecule has 1 aromatic carbocycles. The largest absolute Gasteiger partial charge is 0.331 e. The number of nitrogens with one attached hydrogen (secondary N) is 1. The Kier molecular flexibility index (Phi) is 3.69. The van der Waals surface area contributed by atoms with Crippen LogP contribution < -0.4 is 0 Å². The molecule has 0 saturated carbocycles. The van der Waals surface area contributed by atoms with Crippen LogP contribution in [0.4, 0.5) is 0 Å². The maximum atomic E-state index is 5.41. The molecule has 0 unspecified atom stereocenters. The van der Waals surface area contributed by atoms with Crippen molar-refractivity contribution in [1.82, 2.24) is 9.55 Å². The van der Waals surface area contributed by atoms with Crippen LogP contribution >= 0.6 is 34.8 Å². The SMILES string of the molecule is CCC(CC)n1c(=S)[nH]c2cc(I)ccc21. The van der Waals surface area contributed by atoms with Gasteiger partial charge in [-0.3, -0.25) is 0 Å². The average Bonchev–Trinajstić information content (AvgIpc) is 2.57. The van der Waals surface area contributed by atoms with Crippen molar-refractivity contribution in [2.75, 3.05) is 0 Å². The van der Waals surface area contributed by atoms with Crippen LogP contribution in [0, 0.1) is 8.34 Å². The first-order valence-electron chi connectivity index (χ1n) is 5.57. The van der Waals surface area contributed by atoms with E-state index in [9.17, 15) is 0 Å². The minimum absolute atomic E-state index is 0.501. The fourth-order valence-electron chi connectivity index (χ4n) is 2.12. The van der Waals surface area contributed by atoms with Crippen LogP contribution in [-0.2, 0) is 0 Å². The summed E-state index contributed by atoms with van der Waals surface area (Å²) in [5, 5.41) is 0. The number of halogens is 1. The van der Waals surface area contributed by atoms with E-state index in [1.807, 2.05) is 0 Å². The summed E-state index contributed by atoms with van der Waals surface area (Å²) in [6, 6.07) is 6.93. The molecule has 0 aliphatic heterocycles. The molecule has 2 nitrogen and oxygen atoms in total. The van der Waals surface area contributed by atoms with Crippen LogP contribution in [0.2, 0.25) is 0 Å². The Bertz CT molecular complexity index is 552. The topological polar surface area (TPSA) is 20.7 Å². The molecular formula is C12H15IN2S. The maximum absolute atomic E-state index is 5.41. The Hall–Kier alpha value is -0.360. The van der Waals surface area contributed by atoms with Crippen molar-refractivity contribution in [2.45, 2.75) is 32.7 Å². The Balaban J connectivity index is 2.69. The second-order valence-corrected chi connectivity index (χ2v) is 5.56. The van der Waals surface area contributed by atoms with E-state index in [1.54, 1.807) is 0 Å². The predicted octanol–water partition coefficient (Wildman–Crippen LogP) is 4.66. The van der Waals surface area contributed by atoms with Crippen molar-refractivity contribution < 1.29 is 0 Å². The zero-order valence-corrected chi connectivity index (χ0v) is 12.4. The minimum atomic E-state index is 0.501. The molecule has 0 aliphatic carbocycles. The van der Waals surface area contributed by atoms with Gasteiger partial charge in [-0.05, 0) is 65.8 Å². The predicted molar refractivity (Wildman–Crippen MR) is 79.5 cm³/mol. The van der Waals surface area contributed by atoms with Crippen molar-refractivity contribution in [2.24, 2.45) is 0 Å². The van der Waals surface area contributed by atoms with E-state index in [4.69, 9.17) is 12.2 Å². The Labute approximate surface area is 114 Å². The van der Waals surface area contributed by atoms with Crippen molar-refractivity contribution in [3.8, 4) is 0 Å². The molecule has 0 radical (unpaired) electrons. The molecule has 0 spiro atoms. The van der Waals surface area contributed by atoms with E-state index in [0.29, 0.717) is 6.04 Å². The fourth-order valence-corrected chi connectivity index (χ4v) is 2.97. The number of aromatic nitrogens is 2. The molecule has 0 bridgehead atoms. The normalized spacial score (nSPS) is 11.5. The van der Waals surface area contributed by atoms with Crippen molar-refractivity contribution in [3.63, 3.8) is 0 Å². The zero-order chi connectivity index (χ0) is 11.7. The summed E-state index contributed by atoms with van der Waals surface area (Å²) < 4.78 is 4.32. The molecule has 86 valence electrons. The van der Waals surface area contributed by atoms with Gasteiger partial charge in [0, 0.05) is 9.61 Å². The molecular weight excluding hydrogens is 331 g/mol. The third kappa shape index (κ3) is 2.05. The summed E-state index contributed by atoms with van der Waals surface area (Å²) in [5.41, 5.74) is 2.36. The van der Waals surface area contributed by atoms with E-state index >= 15 is 0 Å². The maximum Gasteiger partial charge on any atom is 0.178 e. The highest BCUT2D eigenvalue weighted by molar-refractivity contribution is 14.1. The molecule has 2 aromatic rings. The first-order valence-corrected chi connectivity index (χ1v) is 7.05. The molecule has 4 heteroatoms. The van der Waals surface area contributed by atoms with Crippen molar-refractivity contribution >= 4 is 45.8 Å². The lowest BCUT2D eigenvalue weighted by Gasteiger charge is -2.15. The smallest absolute Gasteiger partial charge is 0.178 e. The van der Waals surface area contributed by atoms with Crippen LogP contribution in [0.15, 0.2) is 18.2 Å². The van der Waals surface area contributed by atoms with E-state index in [0.717, 1.165) is 23.1 Å². The second kappa shape index (κ2) is 4.87. The highest BCUT2D eigenvalue weighted by Gasteiger charge is 2.11. The first kappa shape index (κ1) is 12.1. The van der Waals surface area contributed by atoms with Crippen LogP contribution in [-0.4, -0.2) is 9.55 Å². The molecule has 16 heavy (non-hydrogen) atoms. The van der Waals surface area contributed by atoms with Crippen molar-refractivity contribution in [1.29, 1.82) is 0 Å². The summed E-state index contributed by atoms with van der Waals surface area (Å²) >= 11 is 7.73. The van der Waals surface area contributed by atoms with Crippen LogP contribution in [0.3, 0.4) is 0 Å². The van der Waals surface area contributed by atoms with Crippen LogP contribution in [0.5, 0.6) is 0 Å². The standard InChI is InChI=1S/C12H15IN2S/c1-3-9(4-2)15-11-6-5-8(13)7-10(11)14-12(15)16/h5-7,9H,3-4H2,1-2H3,(H,14,16). The first-order chi connectivity index (χ1) is 7.67. The number of fused-ring (bicyclic) bond motifs is 1. The summed E-state index contributed by atoms with van der Waals surface area (Å²) in [6.45, 7) is 4.42.